The SMILES string of the molecule is C=C1CCC(N2C(=O)c3ccc(OCCCCCCCN(C)C(=O)Cc4cccc(CNC(=O)c5cc(/C=C/C6CCC(C(F)(F)F)CC6)c(OC)cn5)c4)cc3C2=O)C(=O)N1. The van der Waals surface area contributed by atoms with E-state index in [1.165, 1.54) is 13.3 Å². The number of rotatable bonds is 18. The van der Waals surface area contributed by atoms with E-state index in [4.69, 9.17) is 9.47 Å². The summed E-state index contributed by atoms with van der Waals surface area (Å²) in [7, 11) is 3.28. The van der Waals surface area contributed by atoms with Crippen molar-refractivity contribution < 1.29 is 46.6 Å². The third-order valence-corrected chi connectivity index (χ3v) is 11.8. The topological polar surface area (TPSA) is 147 Å². The number of nitrogens with one attached hydrogen (secondary N) is 2. The van der Waals surface area contributed by atoms with E-state index in [9.17, 15) is 37.1 Å². The third kappa shape index (κ3) is 11.7. The van der Waals surface area contributed by atoms with Gasteiger partial charge in [0.15, 0.2) is 0 Å². The fourth-order valence-corrected chi connectivity index (χ4v) is 8.11. The number of allylic oxidation sites excluding steroid dienone is 2. The van der Waals surface area contributed by atoms with Crippen molar-refractivity contribution in [2.24, 2.45) is 11.8 Å². The van der Waals surface area contributed by atoms with Crippen molar-refractivity contribution in [3.05, 3.63) is 107 Å². The van der Waals surface area contributed by atoms with Crippen LogP contribution in [0.5, 0.6) is 11.5 Å². The van der Waals surface area contributed by atoms with Crippen LogP contribution >= 0.6 is 0 Å². The summed E-state index contributed by atoms with van der Waals surface area (Å²) in [6.07, 6.45) is 7.59. The lowest BCUT2D eigenvalue weighted by atomic mass is 9.81. The maximum atomic E-state index is 13.1. The molecule has 3 heterocycles. The van der Waals surface area contributed by atoms with Crippen LogP contribution in [0.1, 0.15) is 119 Å². The maximum absolute atomic E-state index is 13.1. The van der Waals surface area contributed by atoms with E-state index in [2.05, 4.69) is 22.2 Å². The summed E-state index contributed by atoms with van der Waals surface area (Å²) in [5.41, 5.74) is 3.50. The number of ether oxygens (including phenoxy) is 2. The summed E-state index contributed by atoms with van der Waals surface area (Å²) in [5, 5.41) is 5.51. The first-order valence-electron chi connectivity index (χ1n) is 21.2. The van der Waals surface area contributed by atoms with Crippen molar-refractivity contribution in [1.82, 2.24) is 25.4 Å². The Hall–Kier alpha value is -5.99. The lowest BCUT2D eigenvalue weighted by Crippen LogP contribution is -2.51. The van der Waals surface area contributed by atoms with Gasteiger partial charge in [-0.1, -0.05) is 62.3 Å². The number of carbonyl (C=O) groups excluding carboxylic acids is 5. The monoisotopic (exact) mass is 857 g/mol. The lowest BCUT2D eigenvalue weighted by molar-refractivity contribution is -0.183. The molecule has 1 aromatic heterocycles. The highest BCUT2D eigenvalue weighted by molar-refractivity contribution is 6.23. The fourth-order valence-electron chi connectivity index (χ4n) is 8.11. The minimum absolute atomic E-state index is 0.0118. The lowest BCUT2D eigenvalue weighted by Gasteiger charge is -2.29. The molecule has 0 bridgehead atoms. The van der Waals surface area contributed by atoms with E-state index >= 15 is 0 Å². The fraction of sp³-hybridized carbons (Fsp3) is 0.447. The molecule has 5 amide bonds. The van der Waals surface area contributed by atoms with Crippen molar-refractivity contribution in [3.8, 4) is 11.5 Å². The Labute approximate surface area is 359 Å². The number of unbranched alkanes of at least 4 members (excludes halogenated alkanes) is 4. The van der Waals surface area contributed by atoms with Gasteiger partial charge in [0.05, 0.1) is 43.4 Å². The first kappa shape index (κ1) is 45.5. The average molecular weight is 858 g/mol. The van der Waals surface area contributed by atoms with Gasteiger partial charge in [-0.05, 0) is 92.7 Å². The number of piperidine rings is 1. The van der Waals surface area contributed by atoms with E-state index in [0.717, 1.165) is 48.1 Å². The molecule has 1 aliphatic carbocycles. The Bertz CT molecular complexity index is 2180. The highest BCUT2D eigenvalue weighted by Gasteiger charge is 2.44. The second-order valence-electron chi connectivity index (χ2n) is 16.3. The number of hydrogen-bond donors (Lipinski definition) is 2. The number of methoxy groups -OCH3 is 1. The number of nitrogens with zero attached hydrogens (tertiary/aromatic N) is 3. The molecule has 2 fully saturated rings. The van der Waals surface area contributed by atoms with Gasteiger partial charge in [-0.3, -0.25) is 28.9 Å². The second-order valence-corrected chi connectivity index (χ2v) is 16.3. The number of likely N-dealkylation sites (N-methyl/N-ethyl adjacent to an activating group) is 1. The van der Waals surface area contributed by atoms with Gasteiger partial charge in [0.25, 0.3) is 17.7 Å². The van der Waals surface area contributed by atoms with Crippen molar-refractivity contribution in [2.75, 3.05) is 27.3 Å². The van der Waals surface area contributed by atoms with E-state index in [-0.39, 0.29) is 54.5 Å². The number of imide groups is 1. The van der Waals surface area contributed by atoms with Gasteiger partial charge in [-0.2, -0.15) is 13.2 Å². The van der Waals surface area contributed by atoms with Crippen LogP contribution in [0.25, 0.3) is 6.08 Å². The molecular weight excluding hydrogens is 804 g/mol. The Kier molecular flexibility index (Phi) is 15.2. The van der Waals surface area contributed by atoms with Gasteiger partial charge in [0.2, 0.25) is 11.8 Å². The van der Waals surface area contributed by atoms with E-state index < -0.39 is 41.8 Å². The zero-order valence-electron chi connectivity index (χ0n) is 35.2. The second kappa shape index (κ2) is 20.7. The molecule has 3 aromatic rings. The van der Waals surface area contributed by atoms with Crippen molar-refractivity contribution in [1.29, 1.82) is 0 Å². The molecule has 2 aromatic carbocycles. The largest absolute Gasteiger partial charge is 0.495 e. The summed E-state index contributed by atoms with van der Waals surface area (Å²) in [6.45, 7) is 5.03. The standard InChI is InChI=1S/C47H54F3N5O7/c1-30-12-21-40(44(58)53-30)55-45(59)37-20-19-36(27-38(37)46(55)60)62-23-8-6-4-5-7-22-54(2)42(56)25-32-10-9-11-33(24-32)28-52-43(57)39-26-34(41(61-3)29-51-39)16-13-31-14-17-35(18-15-31)47(48,49)50/h9-11,13,16,19-20,24,26-27,29,31,35,40H,1,4-8,12,14-15,17-18,21-23,25,28H2,2-3H3,(H,52,57)(H,53,58)/b16-13+. The molecule has 1 unspecified atom stereocenters. The number of carbonyl (C=O) groups is 5. The number of benzene rings is 2. The van der Waals surface area contributed by atoms with E-state index in [1.54, 1.807) is 42.3 Å². The van der Waals surface area contributed by atoms with Gasteiger partial charge < -0.3 is 25.0 Å². The molecule has 6 rings (SSSR count). The molecule has 1 saturated heterocycles. The van der Waals surface area contributed by atoms with Crippen LogP contribution in [0.2, 0.25) is 0 Å². The quantitative estimate of drug-likeness (QED) is 0.0973. The molecule has 0 spiro atoms. The molecule has 15 heteroatoms. The highest BCUT2D eigenvalue weighted by Crippen LogP contribution is 2.40. The molecule has 12 nitrogen and oxygen atoms in total. The Morgan fingerprint density at radius 3 is 2.42 bits per heavy atom. The summed E-state index contributed by atoms with van der Waals surface area (Å²) >= 11 is 0. The zero-order valence-corrected chi connectivity index (χ0v) is 35.2. The predicted octanol–water partition coefficient (Wildman–Crippen LogP) is 7.82. The minimum Gasteiger partial charge on any atom is -0.495 e. The maximum Gasteiger partial charge on any atom is 0.391 e. The molecule has 2 aliphatic heterocycles. The normalized spacial score (nSPS) is 19.0. The predicted molar refractivity (Wildman–Crippen MR) is 226 cm³/mol. The van der Waals surface area contributed by atoms with Crippen LogP contribution in [-0.2, 0) is 22.6 Å². The van der Waals surface area contributed by atoms with Crippen molar-refractivity contribution in [2.45, 2.75) is 95.8 Å². The van der Waals surface area contributed by atoms with Gasteiger partial charge in [-0.25, -0.2) is 4.98 Å². The number of alkyl halides is 3. The molecule has 330 valence electrons. The minimum atomic E-state index is -4.16. The zero-order chi connectivity index (χ0) is 44.4. The summed E-state index contributed by atoms with van der Waals surface area (Å²) in [4.78, 5) is 71.7. The highest BCUT2D eigenvalue weighted by atomic mass is 19.4. The summed E-state index contributed by atoms with van der Waals surface area (Å²) < 4.78 is 50.5. The molecule has 1 saturated carbocycles. The molecule has 0 radical (unpaired) electrons. The molecule has 1 atom stereocenters. The molecule has 3 aliphatic rings. The van der Waals surface area contributed by atoms with Gasteiger partial charge >= 0.3 is 6.18 Å². The summed E-state index contributed by atoms with van der Waals surface area (Å²) in [6, 6.07) is 13.0. The first-order valence-corrected chi connectivity index (χ1v) is 21.2. The smallest absolute Gasteiger partial charge is 0.391 e. The van der Waals surface area contributed by atoms with Crippen LogP contribution in [0, 0.1) is 11.8 Å². The van der Waals surface area contributed by atoms with Crippen LogP contribution in [0.3, 0.4) is 0 Å². The number of hydrogen-bond acceptors (Lipinski definition) is 8. The van der Waals surface area contributed by atoms with Gasteiger partial charge in [0, 0.05) is 31.4 Å². The number of halogens is 3. The molecule has 62 heavy (non-hydrogen) atoms. The number of pyridine rings is 1. The number of fused-ring (bicyclic) bond motifs is 1. The van der Waals surface area contributed by atoms with Crippen LogP contribution in [0.15, 0.2) is 73.1 Å². The van der Waals surface area contributed by atoms with Crippen LogP contribution in [0.4, 0.5) is 13.2 Å². The molecule has 2 N–H and O–H groups in total. The summed E-state index contributed by atoms with van der Waals surface area (Å²) in [5.74, 6) is -2.09. The molecular formula is C47H54F3N5O7. The third-order valence-electron chi connectivity index (χ3n) is 11.8. The Morgan fingerprint density at radius 2 is 1.68 bits per heavy atom. The van der Waals surface area contributed by atoms with Gasteiger partial charge in [-0.15, -0.1) is 0 Å². The Balaban J connectivity index is 0.870. The first-order chi connectivity index (χ1) is 29.7. The number of aromatic nitrogens is 1. The van der Waals surface area contributed by atoms with Crippen molar-refractivity contribution >= 4 is 35.6 Å². The van der Waals surface area contributed by atoms with Crippen molar-refractivity contribution in [3.63, 3.8) is 0 Å². The van der Waals surface area contributed by atoms with E-state index in [0.29, 0.717) is 61.6 Å². The van der Waals surface area contributed by atoms with Crippen LogP contribution in [-0.4, -0.2) is 83.8 Å². The number of amides is 5. The Morgan fingerprint density at radius 1 is 0.952 bits per heavy atom. The van der Waals surface area contributed by atoms with Gasteiger partial charge in [0.1, 0.15) is 23.2 Å². The van der Waals surface area contributed by atoms with Crippen LogP contribution < -0.4 is 20.1 Å². The average Bonchev–Trinajstić information content (AvgIpc) is 3.50. The van der Waals surface area contributed by atoms with E-state index in [1.807, 2.05) is 30.3 Å².